The van der Waals surface area contributed by atoms with Gasteiger partial charge in [-0.3, -0.25) is 13.9 Å². The predicted molar refractivity (Wildman–Crippen MR) is 117 cm³/mol. The summed E-state index contributed by atoms with van der Waals surface area (Å²) in [4.78, 5) is 23.1. The number of carbonyl (C=O) groups excluding carboxylic acids is 2. The average molecular weight is 447 g/mol. The highest BCUT2D eigenvalue weighted by Crippen LogP contribution is 2.29. The van der Waals surface area contributed by atoms with E-state index in [1.165, 1.54) is 38.3 Å². The Bertz CT molecular complexity index is 1010. The lowest BCUT2D eigenvalue weighted by Gasteiger charge is -2.24. The van der Waals surface area contributed by atoms with Crippen molar-refractivity contribution in [2.75, 3.05) is 23.3 Å². The summed E-state index contributed by atoms with van der Waals surface area (Å²) >= 11 is 0. The van der Waals surface area contributed by atoms with E-state index in [2.05, 4.69) is 5.32 Å². The number of hydrogen-bond donors (Lipinski definition) is 1. The van der Waals surface area contributed by atoms with E-state index < -0.39 is 22.5 Å². The highest BCUT2D eigenvalue weighted by Gasteiger charge is 2.28. The number of nitrogens with one attached hydrogen (secondary N) is 1. The van der Waals surface area contributed by atoms with E-state index in [1.807, 2.05) is 0 Å². The lowest BCUT2D eigenvalue weighted by atomic mass is 10.2. The van der Waals surface area contributed by atoms with Crippen LogP contribution in [0, 0.1) is 0 Å². The number of carbonyl (C=O) groups is 2. The predicted octanol–water partition coefficient (Wildman–Crippen LogP) is 3.33. The Morgan fingerprint density at radius 3 is 2.19 bits per heavy atom. The summed E-state index contributed by atoms with van der Waals surface area (Å²) in [7, 11) is -2.86. The van der Waals surface area contributed by atoms with Gasteiger partial charge in [0.05, 0.1) is 23.8 Å². The Labute approximate surface area is 182 Å². The number of anilines is 2. The minimum Gasteiger partial charge on any atom is -0.490 e. The van der Waals surface area contributed by atoms with Crippen LogP contribution in [0.15, 0.2) is 53.4 Å². The molecule has 0 heterocycles. The van der Waals surface area contributed by atoms with Crippen LogP contribution in [0.1, 0.15) is 32.6 Å². The molecule has 9 heteroatoms. The number of esters is 1. The molecule has 31 heavy (non-hydrogen) atoms. The maximum atomic E-state index is 13.3. The van der Waals surface area contributed by atoms with Crippen LogP contribution in [0.2, 0.25) is 0 Å². The van der Waals surface area contributed by atoms with E-state index >= 15 is 0 Å². The van der Waals surface area contributed by atoms with Crippen molar-refractivity contribution in [3.05, 3.63) is 48.5 Å². The van der Waals surface area contributed by atoms with Crippen LogP contribution in [0.25, 0.3) is 0 Å². The van der Waals surface area contributed by atoms with Crippen molar-refractivity contribution in [1.29, 1.82) is 0 Å². The summed E-state index contributed by atoms with van der Waals surface area (Å²) in [5, 5.41) is 2.59. The van der Waals surface area contributed by atoms with Crippen LogP contribution in [-0.4, -0.2) is 40.1 Å². The number of nitrogens with zero attached hydrogens (tertiary/aromatic N) is 1. The fourth-order valence-electron chi connectivity index (χ4n) is 3.43. The lowest BCUT2D eigenvalue weighted by molar-refractivity contribution is -0.138. The first-order valence-corrected chi connectivity index (χ1v) is 11.5. The quantitative estimate of drug-likeness (QED) is 0.624. The first-order valence-electron chi connectivity index (χ1n) is 10.0. The van der Waals surface area contributed by atoms with Crippen molar-refractivity contribution in [3.63, 3.8) is 0 Å². The van der Waals surface area contributed by atoms with E-state index in [4.69, 9.17) is 9.47 Å². The number of ether oxygens (including phenoxy) is 2. The Morgan fingerprint density at radius 2 is 1.65 bits per heavy atom. The first-order chi connectivity index (χ1) is 14.8. The molecular weight excluding hydrogens is 420 g/mol. The van der Waals surface area contributed by atoms with Gasteiger partial charge in [0, 0.05) is 12.6 Å². The number of benzene rings is 2. The van der Waals surface area contributed by atoms with Gasteiger partial charge in [-0.25, -0.2) is 8.42 Å². The van der Waals surface area contributed by atoms with Gasteiger partial charge in [0.15, 0.2) is 0 Å². The van der Waals surface area contributed by atoms with Gasteiger partial charge < -0.3 is 14.8 Å². The monoisotopic (exact) mass is 446 g/mol. The van der Waals surface area contributed by atoms with E-state index in [9.17, 15) is 18.0 Å². The molecule has 1 N–H and O–H groups in total. The van der Waals surface area contributed by atoms with Gasteiger partial charge >= 0.3 is 5.97 Å². The summed E-state index contributed by atoms with van der Waals surface area (Å²) in [6.07, 6.45) is 4.50. The molecular formula is C22H26N2O6S. The number of amides is 1. The molecule has 2 aromatic rings. The number of hydrogen-bond acceptors (Lipinski definition) is 6. The summed E-state index contributed by atoms with van der Waals surface area (Å²) in [5.41, 5.74) is 0.787. The van der Waals surface area contributed by atoms with E-state index in [1.54, 1.807) is 24.3 Å². The van der Waals surface area contributed by atoms with Gasteiger partial charge in [-0.2, -0.15) is 0 Å². The highest BCUT2D eigenvalue weighted by atomic mass is 32.2. The van der Waals surface area contributed by atoms with Crippen molar-refractivity contribution < 1.29 is 27.5 Å². The van der Waals surface area contributed by atoms with Crippen LogP contribution in [0.5, 0.6) is 5.75 Å². The fourth-order valence-corrected chi connectivity index (χ4v) is 4.84. The summed E-state index contributed by atoms with van der Waals surface area (Å²) in [5.74, 6) is -0.293. The second kappa shape index (κ2) is 9.82. The molecule has 0 aromatic heterocycles. The molecule has 0 saturated heterocycles. The summed E-state index contributed by atoms with van der Waals surface area (Å²) in [6.45, 7) is 0.887. The highest BCUT2D eigenvalue weighted by molar-refractivity contribution is 7.92. The standard InChI is InChI=1S/C22H26N2O6S/c1-16(25)23-17-7-13-21(14-8-17)31(27,28)24(15-22(26)29-2)18-9-11-20(12-10-18)30-19-5-3-4-6-19/h7-14,19H,3-6,15H2,1-2H3,(H,23,25). The molecule has 0 atom stereocenters. The van der Waals surface area contributed by atoms with E-state index in [-0.39, 0.29) is 16.9 Å². The maximum Gasteiger partial charge on any atom is 0.326 e. The molecule has 0 radical (unpaired) electrons. The number of sulfonamides is 1. The Kier molecular flexibility index (Phi) is 7.17. The van der Waals surface area contributed by atoms with Crippen LogP contribution in [-0.2, 0) is 24.3 Å². The second-order valence-corrected chi connectivity index (χ2v) is 9.17. The largest absolute Gasteiger partial charge is 0.490 e. The molecule has 1 saturated carbocycles. The third-order valence-corrected chi connectivity index (χ3v) is 6.78. The zero-order valence-corrected chi connectivity index (χ0v) is 18.4. The average Bonchev–Trinajstić information content (AvgIpc) is 3.25. The molecule has 2 aromatic carbocycles. The normalized spacial score (nSPS) is 14.1. The van der Waals surface area contributed by atoms with Crippen LogP contribution < -0.4 is 14.4 Å². The Hall–Kier alpha value is -3.07. The second-order valence-electron chi connectivity index (χ2n) is 7.31. The zero-order chi connectivity index (χ0) is 22.4. The maximum absolute atomic E-state index is 13.3. The SMILES string of the molecule is COC(=O)CN(c1ccc(OC2CCCC2)cc1)S(=O)(=O)c1ccc(NC(C)=O)cc1. The minimum absolute atomic E-state index is 0.0169. The van der Waals surface area contributed by atoms with Crippen molar-refractivity contribution in [1.82, 2.24) is 0 Å². The molecule has 1 amide bonds. The lowest BCUT2D eigenvalue weighted by Crippen LogP contribution is -2.36. The van der Waals surface area contributed by atoms with E-state index in [0.29, 0.717) is 17.1 Å². The molecule has 0 spiro atoms. The summed E-state index contributed by atoms with van der Waals surface area (Å²) < 4.78 is 38.2. The molecule has 0 aliphatic heterocycles. The number of rotatable bonds is 8. The zero-order valence-electron chi connectivity index (χ0n) is 17.5. The van der Waals surface area contributed by atoms with Crippen molar-refractivity contribution in [3.8, 4) is 5.75 Å². The summed E-state index contributed by atoms with van der Waals surface area (Å²) in [6, 6.07) is 12.4. The molecule has 0 unspecified atom stereocenters. The van der Waals surface area contributed by atoms with Crippen LogP contribution in [0.4, 0.5) is 11.4 Å². The van der Waals surface area contributed by atoms with Gasteiger partial charge in [0.1, 0.15) is 12.3 Å². The molecule has 0 bridgehead atoms. The van der Waals surface area contributed by atoms with Gasteiger partial charge in [0.25, 0.3) is 10.0 Å². The Morgan fingerprint density at radius 1 is 1.03 bits per heavy atom. The first kappa shape index (κ1) is 22.6. The molecule has 1 aliphatic carbocycles. The Balaban J connectivity index is 1.86. The third-order valence-electron chi connectivity index (χ3n) is 4.99. The van der Waals surface area contributed by atoms with Crippen LogP contribution >= 0.6 is 0 Å². The molecule has 8 nitrogen and oxygen atoms in total. The van der Waals surface area contributed by atoms with Gasteiger partial charge in [0.2, 0.25) is 5.91 Å². The van der Waals surface area contributed by atoms with Crippen molar-refractivity contribution >= 4 is 33.3 Å². The van der Waals surface area contributed by atoms with Gasteiger partial charge in [-0.15, -0.1) is 0 Å². The van der Waals surface area contributed by atoms with Gasteiger partial charge in [-0.05, 0) is 74.2 Å². The molecule has 1 fully saturated rings. The third kappa shape index (κ3) is 5.75. The fraction of sp³-hybridized carbons (Fsp3) is 0.364. The molecule has 166 valence electrons. The van der Waals surface area contributed by atoms with Crippen molar-refractivity contribution in [2.45, 2.75) is 43.6 Å². The topological polar surface area (TPSA) is 102 Å². The number of methoxy groups -OCH3 is 1. The smallest absolute Gasteiger partial charge is 0.326 e. The van der Waals surface area contributed by atoms with Crippen LogP contribution in [0.3, 0.4) is 0 Å². The van der Waals surface area contributed by atoms with E-state index in [0.717, 1.165) is 30.0 Å². The molecule has 3 rings (SSSR count). The van der Waals surface area contributed by atoms with Crippen molar-refractivity contribution in [2.24, 2.45) is 0 Å². The molecule has 1 aliphatic rings. The van der Waals surface area contributed by atoms with Gasteiger partial charge in [-0.1, -0.05) is 0 Å². The minimum atomic E-state index is -4.06.